The Morgan fingerprint density at radius 1 is 0.534 bits per heavy atom. The minimum atomic E-state index is -0.801. The van der Waals surface area contributed by atoms with Gasteiger partial charge in [-0.3, -0.25) is 9.59 Å². The molecule has 0 aromatic rings. The van der Waals surface area contributed by atoms with Crippen molar-refractivity contribution in [1.82, 2.24) is 5.32 Å². The summed E-state index contributed by atoms with van der Waals surface area (Å²) >= 11 is 0. The number of unbranched alkanes of at least 4 members (excludes halogenated alkanes) is 21. The first kappa shape index (κ1) is 55.3. The Kier molecular flexibility index (Phi) is 43.3. The lowest BCUT2D eigenvalue weighted by Gasteiger charge is -2.24. The predicted octanol–water partition coefficient (Wildman–Crippen LogP) is 14.2. The van der Waals surface area contributed by atoms with Crippen LogP contribution in [-0.2, 0) is 14.3 Å². The Morgan fingerprint density at radius 2 is 1.00 bits per heavy atom. The molecule has 0 saturated carbocycles. The Labute approximate surface area is 358 Å². The molecule has 334 valence electrons. The average molecular weight is 810 g/mol. The number of rotatable bonds is 42. The van der Waals surface area contributed by atoms with E-state index in [0.29, 0.717) is 19.3 Å². The molecule has 0 aromatic carbocycles. The van der Waals surface area contributed by atoms with Crippen LogP contribution in [0.25, 0.3) is 0 Å². The Balaban J connectivity index is 4.71. The number of carbonyl (C=O) groups is 2. The molecule has 0 spiro atoms. The largest absolute Gasteiger partial charge is 0.462 e. The summed E-state index contributed by atoms with van der Waals surface area (Å²) in [5.74, 6) is -0.527. The number of hydrogen-bond acceptors (Lipinski definition) is 5. The topological polar surface area (TPSA) is 95.9 Å². The normalized spacial score (nSPS) is 13.9. The second kappa shape index (κ2) is 45.4. The summed E-state index contributed by atoms with van der Waals surface area (Å²) in [7, 11) is 0. The predicted molar refractivity (Wildman–Crippen MR) is 250 cm³/mol. The van der Waals surface area contributed by atoms with E-state index in [1.165, 1.54) is 83.5 Å². The maximum absolute atomic E-state index is 13.1. The highest BCUT2D eigenvalue weighted by atomic mass is 16.5. The van der Waals surface area contributed by atoms with E-state index in [-0.39, 0.29) is 24.9 Å². The quantitative estimate of drug-likeness (QED) is 0.0247. The summed E-state index contributed by atoms with van der Waals surface area (Å²) in [6.07, 6.45) is 56.7. The van der Waals surface area contributed by atoms with Crippen molar-refractivity contribution >= 4 is 11.9 Å². The summed E-state index contributed by atoms with van der Waals surface area (Å²) in [5.41, 5.74) is 0. The fourth-order valence-corrected chi connectivity index (χ4v) is 6.95. The summed E-state index contributed by atoms with van der Waals surface area (Å²) < 4.78 is 5.90. The van der Waals surface area contributed by atoms with Crippen LogP contribution in [0.4, 0.5) is 0 Å². The van der Waals surface area contributed by atoms with Crippen molar-refractivity contribution in [2.75, 3.05) is 6.61 Å². The lowest BCUT2D eigenvalue weighted by molar-refractivity contribution is -0.151. The molecule has 3 atom stereocenters. The zero-order chi connectivity index (χ0) is 42.4. The fourth-order valence-electron chi connectivity index (χ4n) is 6.95. The highest BCUT2D eigenvalue weighted by Crippen LogP contribution is 2.17. The number of aliphatic hydroxyl groups excluding tert-OH is 2. The highest BCUT2D eigenvalue weighted by molar-refractivity contribution is 5.77. The van der Waals surface area contributed by atoms with Crippen LogP contribution >= 0.6 is 0 Å². The van der Waals surface area contributed by atoms with Crippen molar-refractivity contribution in [3.05, 3.63) is 72.9 Å². The third kappa shape index (κ3) is 40.1. The van der Waals surface area contributed by atoms with Crippen molar-refractivity contribution in [3.63, 3.8) is 0 Å². The van der Waals surface area contributed by atoms with Crippen LogP contribution in [-0.4, -0.2) is 46.9 Å². The molecule has 0 radical (unpaired) electrons. The second-order valence-corrected chi connectivity index (χ2v) is 16.2. The number of hydrogen-bond donors (Lipinski definition) is 3. The van der Waals surface area contributed by atoms with E-state index >= 15 is 0 Å². The van der Waals surface area contributed by atoms with Crippen LogP contribution < -0.4 is 5.32 Å². The van der Waals surface area contributed by atoms with E-state index < -0.39 is 18.2 Å². The van der Waals surface area contributed by atoms with Crippen molar-refractivity contribution in [2.45, 2.75) is 238 Å². The molecular weight excluding hydrogens is 719 g/mol. The molecule has 0 rings (SSSR count). The standard InChI is InChI=1S/C52H91NO5/c1-4-7-10-13-16-19-21-23-25-26-27-29-32-34-37-40-43-48(58-52(57)45-42-39-36-33-30-28-24-22-20-17-14-11-8-5-2)46-51(56)53-49(47-54)50(55)44-41-38-35-31-18-15-12-9-6-3/h8,11,16-17,19-21,23,25-27,29,48-50,54-55H,4-7,9-10,12-15,18,22,24,28,30-47H2,1-3H3,(H,53,56)/b11-8+,19-16+,20-17+,23-21+,26-25+,29-27+. The van der Waals surface area contributed by atoms with E-state index in [1.54, 1.807) is 0 Å². The number of ether oxygens (including phenoxy) is 1. The smallest absolute Gasteiger partial charge is 0.306 e. The molecule has 0 aliphatic carbocycles. The molecule has 0 aromatic heterocycles. The van der Waals surface area contributed by atoms with Gasteiger partial charge in [0.25, 0.3) is 0 Å². The molecule has 58 heavy (non-hydrogen) atoms. The van der Waals surface area contributed by atoms with Gasteiger partial charge in [-0.05, 0) is 77.0 Å². The molecule has 0 aliphatic heterocycles. The van der Waals surface area contributed by atoms with Crippen molar-refractivity contribution in [1.29, 1.82) is 0 Å². The minimum Gasteiger partial charge on any atom is -0.462 e. The van der Waals surface area contributed by atoms with Gasteiger partial charge in [-0.25, -0.2) is 0 Å². The molecule has 0 fully saturated rings. The lowest BCUT2D eigenvalue weighted by atomic mass is 10.0. The SMILES string of the molecule is CC/C=C/C/C=C/CCCCCCCCCC(=O)OC(CCCCC/C=C/C=C/C=C/C=C/CCCCC)CC(=O)NC(CO)C(O)CCCCCCCCCCC. The number of esters is 1. The minimum absolute atomic E-state index is 0.0454. The van der Waals surface area contributed by atoms with Gasteiger partial charge in [0.1, 0.15) is 6.10 Å². The van der Waals surface area contributed by atoms with E-state index in [0.717, 1.165) is 89.9 Å². The number of amides is 1. The van der Waals surface area contributed by atoms with Crippen molar-refractivity contribution < 1.29 is 24.5 Å². The highest BCUT2D eigenvalue weighted by Gasteiger charge is 2.24. The van der Waals surface area contributed by atoms with Gasteiger partial charge in [0.05, 0.1) is 25.2 Å². The van der Waals surface area contributed by atoms with Gasteiger partial charge in [0.2, 0.25) is 5.91 Å². The zero-order valence-electron chi connectivity index (χ0n) is 37.9. The maximum Gasteiger partial charge on any atom is 0.306 e. The van der Waals surface area contributed by atoms with Crippen LogP contribution in [0.5, 0.6) is 0 Å². The van der Waals surface area contributed by atoms with E-state index in [2.05, 4.69) is 92.9 Å². The van der Waals surface area contributed by atoms with Gasteiger partial charge in [-0.15, -0.1) is 0 Å². The molecule has 0 bridgehead atoms. The monoisotopic (exact) mass is 810 g/mol. The molecule has 1 amide bonds. The number of nitrogens with one attached hydrogen (secondary N) is 1. The molecule has 0 saturated heterocycles. The molecule has 0 heterocycles. The van der Waals surface area contributed by atoms with E-state index in [1.807, 2.05) is 6.08 Å². The van der Waals surface area contributed by atoms with Gasteiger partial charge in [-0.1, -0.05) is 203 Å². The third-order valence-corrected chi connectivity index (χ3v) is 10.6. The van der Waals surface area contributed by atoms with Crippen molar-refractivity contribution in [2.24, 2.45) is 0 Å². The molecule has 3 N–H and O–H groups in total. The maximum atomic E-state index is 13.1. The van der Waals surface area contributed by atoms with E-state index in [9.17, 15) is 19.8 Å². The van der Waals surface area contributed by atoms with Gasteiger partial charge < -0.3 is 20.3 Å². The third-order valence-electron chi connectivity index (χ3n) is 10.6. The molecule has 6 heteroatoms. The lowest BCUT2D eigenvalue weighted by Crippen LogP contribution is -2.46. The average Bonchev–Trinajstić information content (AvgIpc) is 3.22. The number of aliphatic hydroxyl groups is 2. The Hall–Kier alpha value is -2.70. The summed E-state index contributed by atoms with van der Waals surface area (Å²) in [6.45, 7) is 6.30. The summed E-state index contributed by atoms with van der Waals surface area (Å²) in [6, 6.07) is -0.717. The Bertz CT molecular complexity index is 1090. The summed E-state index contributed by atoms with van der Waals surface area (Å²) in [5, 5.41) is 23.6. The first-order valence-corrected chi connectivity index (χ1v) is 24.2. The zero-order valence-corrected chi connectivity index (χ0v) is 37.9. The van der Waals surface area contributed by atoms with Crippen LogP contribution in [0.2, 0.25) is 0 Å². The molecular formula is C52H91NO5. The van der Waals surface area contributed by atoms with Crippen LogP contribution in [0.3, 0.4) is 0 Å². The van der Waals surface area contributed by atoms with E-state index in [4.69, 9.17) is 4.74 Å². The Morgan fingerprint density at radius 3 is 1.60 bits per heavy atom. The fraction of sp³-hybridized carbons (Fsp3) is 0.731. The molecule has 6 nitrogen and oxygen atoms in total. The van der Waals surface area contributed by atoms with Crippen LogP contribution in [0.15, 0.2) is 72.9 Å². The first-order chi connectivity index (χ1) is 28.5. The molecule has 3 unspecified atom stereocenters. The molecule has 0 aliphatic rings. The first-order valence-electron chi connectivity index (χ1n) is 24.2. The van der Waals surface area contributed by atoms with Gasteiger partial charge >= 0.3 is 5.97 Å². The second-order valence-electron chi connectivity index (χ2n) is 16.2. The van der Waals surface area contributed by atoms with Gasteiger partial charge in [0, 0.05) is 6.42 Å². The van der Waals surface area contributed by atoms with Crippen LogP contribution in [0.1, 0.15) is 220 Å². The summed E-state index contributed by atoms with van der Waals surface area (Å²) in [4.78, 5) is 26.0. The number of carbonyl (C=O) groups excluding carboxylic acids is 2. The van der Waals surface area contributed by atoms with Gasteiger partial charge in [-0.2, -0.15) is 0 Å². The number of allylic oxidation sites excluding steroid dienone is 12. The van der Waals surface area contributed by atoms with Crippen LogP contribution in [0, 0.1) is 0 Å². The van der Waals surface area contributed by atoms with Gasteiger partial charge in [0.15, 0.2) is 0 Å². The van der Waals surface area contributed by atoms with Crippen molar-refractivity contribution in [3.8, 4) is 0 Å².